The van der Waals surface area contributed by atoms with Crippen molar-refractivity contribution in [2.24, 2.45) is 5.92 Å². The summed E-state index contributed by atoms with van der Waals surface area (Å²) in [7, 11) is 0. The Labute approximate surface area is 158 Å². The van der Waals surface area contributed by atoms with Crippen molar-refractivity contribution in [2.45, 2.75) is 79.1 Å². The summed E-state index contributed by atoms with van der Waals surface area (Å²) in [5, 5.41) is 0. The first-order valence-electron chi connectivity index (χ1n) is 9.81. The Morgan fingerprint density at radius 1 is 0.808 bits per heavy atom. The molecule has 0 saturated carbocycles. The second-order valence-electron chi connectivity index (χ2n) is 7.50. The van der Waals surface area contributed by atoms with Gasteiger partial charge in [0.05, 0.1) is 6.61 Å². The predicted octanol–water partition coefficient (Wildman–Crippen LogP) is 5.53. The van der Waals surface area contributed by atoms with Crippen LogP contribution in [0.25, 0.3) is 0 Å². The SMILES string of the molecule is Cc1cc(C)cc(OC(=O)CCCCCCCCC(=O)OCC(C)C)c1. The minimum Gasteiger partial charge on any atom is -0.465 e. The molecule has 26 heavy (non-hydrogen) atoms. The average Bonchev–Trinajstić information content (AvgIpc) is 2.54. The molecule has 0 amide bonds. The molecule has 0 unspecified atom stereocenters. The van der Waals surface area contributed by atoms with Gasteiger partial charge in [-0.05, 0) is 55.9 Å². The van der Waals surface area contributed by atoms with Gasteiger partial charge < -0.3 is 9.47 Å². The molecule has 0 radical (unpaired) electrons. The predicted molar refractivity (Wildman–Crippen MR) is 104 cm³/mol. The second kappa shape index (κ2) is 12.5. The summed E-state index contributed by atoms with van der Waals surface area (Å²) in [5.74, 6) is 0.771. The smallest absolute Gasteiger partial charge is 0.311 e. The molecular weight excluding hydrogens is 328 g/mol. The number of rotatable bonds is 12. The van der Waals surface area contributed by atoms with Gasteiger partial charge >= 0.3 is 11.9 Å². The number of hydrogen-bond acceptors (Lipinski definition) is 4. The van der Waals surface area contributed by atoms with E-state index in [0.717, 1.165) is 49.7 Å². The standard InChI is InChI=1S/C22H34O4/c1-17(2)16-25-21(23)11-9-7-5-6-8-10-12-22(24)26-20-14-18(3)13-19(4)15-20/h13-15,17H,5-12,16H2,1-4H3. The van der Waals surface area contributed by atoms with Gasteiger partial charge in [0.25, 0.3) is 0 Å². The van der Waals surface area contributed by atoms with Crippen LogP contribution in [0.4, 0.5) is 0 Å². The molecule has 0 N–H and O–H groups in total. The molecule has 0 atom stereocenters. The van der Waals surface area contributed by atoms with Crippen molar-refractivity contribution < 1.29 is 19.1 Å². The van der Waals surface area contributed by atoms with Crippen LogP contribution < -0.4 is 4.74 Å². The molecule has 0 aliphatic rings. The zero-order valence-corrected chi connectivity index (χ0v) is 16.8. The molecule has 0 aliphatic carbocycles. The van der Waals surface area contributed by atoms with Crippen LogP contribution in [0, 0.1) is 19.8 Å². The maximum absolute atomic E-state index is 11.9. The summed E-state index contributed by atoms with van der Waals surface area (Å²) in [4.78, 5) is 23.4. The summed E-state index contributed by atoms with van der Waals surface area (Å²) >= 11 is 0. The van der Waals surface area contributed by atoms with Crippen LogP contribution in [0.1, 0.15) is 76.3 Å². The molecule has 4 nitrogen and oxygen atoms in total. The first-order valence-corrected chi connectivity index (χ1v) is 9.81. The van der Waals surface area contributed by atoms with Gasteiger partial charge in [0, 0.05) is 12.8 Å². The van der Waals surface area contributed by atoms with Crippen LogP contribution in [0.2, 0.25) is 0 Å². The summed E-state index contributed by atoms with van der Waals surface area (Å²) < 4.78 is 10.5. The van der Waals surface area contributed by atoms with E-state index >= 15 is 0 Å². The maximum Gasteiger partial charge on any atom is 0.311 e. The Morgan fingerprint density at radius 2 is 1.31 bits per heavy atom. The van der Waals surface area contributed by atoms with E-state index in [9.17, 15) is 9.59 Å². The van der Waals surface area contributed by atoms with Crippen LogP contribution in [-0.4, -0.2) is 18.5 Å². The summed E-state index contributed by atoms with van der Waals surface area (Å²) in [6.45, 7) is 8.57. The fourth-order valence-corrected chi connectivity index (χ4v) is 2.75. The lowest BCUT2D eigenvalue weighted by atomic mass is 10.1. The van der Waals surface area contributed by atoms with Gasteiger partial charge in [-0.1, -0.05) is 45.6 Å². The van der Waals surface area contributed by atoms with E-state index in [4.69, 9.17) is 9.47 Å². The molecule has 0 heterocycles. The highest BCUT2D eigenvalue weighted by Crippen LogP contribution is 2.17. The Hall–Kier alpha value is -1.84. The second-order valence-corrected chi connectivity index (χ2v) is 7.50. The molecule has 0 aliphatic heterocycles. The lowest BCUT2D eigenvalue weighted by Gasteiger charge is -2.07. The van der Waals surface area contributed by atoms with E-state index in [1.807, 2.05) is 39.8 Å². The van der Waals surface area contributed by atoms with Crippen LogP contribution in [0.5, 0.6) is 5.75 Å². The number of carbonyl (C=O) groups excluding carboxylic acids is 2. The van der Waals surface area contributed by atoms with E-state index in [1.165, 1.54) is 0 Å². The van der Waals surface area contributed by atoms with Gasteiger partial charge in [-0.2, -0.15) is 0 Å². The van der Waals surface area contributed by atoms with Gasteiger partial charge in [0.2, 0.25) is 0 Å². The van der Waals surface area contributed by atoms with Gasteiger partial charge in [-0.15, -0.1) is 0 Å². The number of benzene rings is 1. The molecule has 1 rings (SSSR count). The number of hydrogen-bond donors (Lipinski definition) is 0. The molecule has 1 aromatic carbocycles. The lowest BCUT2D eigenvalue weighted by Crippen LogP contribution is -2.09. The Kier molecular flexibility index (Phi) is 10.7. The monoisotopic (exact) mass is 362 g/mol. The number of esters is 2. The molecule has 1 aromatic rings. The number of unbranched alkanes of at least 4 members (excludes halogenated alkanes) is 5. The number of carbonyl (C=O) groups is 2. The van der Waals surface area contributed by atoms with E-state index in [0.29, 0.717) is 31.1 Å². The van der Waals surface area contributed by atoms with Crippen molar-refractivity contribution in [3.8, 4) is 5.75 Å². The molecule has 0 fully saturated rings. The van der Waals surface area contributed by atoms with E-state index < -0.39 is 0 Å². The largest absolute Gasteiger partial charge is 0.465 e. The summed E-state index contributed by atoms with van der Waals surface area (Å²) in [5.41, 5.74) is 2.20. The molecule has 0 saturated heterocycles. The van der Waals surface area contributed by atoms with Crippen LogP contribution in [-0.2, 0) is 14.3 Å². The van der Waals surface area contributed by atoms with Gasteiger partial charge in [-0.25, -0.2) is 0 Å². The molecule has 146 valence electrons. The summed E-state index contributed by atoms with van der Waals surface area (Å²) in [6.07, 6.45) is 6.90. The molecule has 0 spiro atoms. The minimum atomic E-state index is -0.164. The third kappa shape index (κ3) is 10.9. The Bertz CT molecular complexity index is 543. The third-order valence-corrected chi connectivity index (χ3v) is 4.02. The first-order chi connectivity index (χ1) is 12.4. The van der Waals surface area contributed by atoms with Gasteiger partial charge in [0.1, 0.15) is 5.75 Å². The maximum atomic E-state index is 11.9. The first kappa shape index (κ1) is 22.2. The highest BCUT2D eigenvalue weighted by atomic mass is 16.5. The van der Waals surface area contributed by atoms with Crippen LogP contribution in [0.15, 0.2) is 18.2 Å². The van der Waals surface area contributed by atoms with Crippen molar-refractivity contribution in [2.75, 3.05) is 6.61 Å². The van der Waals surface area contributed by atoms with Crippen molar-refractivity contribution >= 4 is 11.9 Å². The van der Waals surface area contributed by atoms with E-state index in [2.05, 4.69) is 6.07 Å². The van der Waals surface area contributed by atoms with Crippen molar-refractivity contribution in [1.82, 2.24) is 0 Å². The van der Waals surface area contributed by atoms with Crippen molar-refractivity contribution in [3.05, 3.63) is 29.3 Å². The molecule has 0 aromatic heterocycles. The highest BCUT2D eigenvalue weighted by molar-refractivity contribution is 5.72. The molecule has 0 bridgehead atoms. The fourth-order valence-electron chi connectivity index (χ4n) is 2.75. The van der Waals surface area contributed by atoms with E-state index in [-0.39, 0.29) is 11.9 Å². The normalized spacial score (nSPS) is 10.8. The van der Waals surface area contributed by atoms with Crippen molar-refractivity contribution in [3.63, 3.8) is 0 Å². The third-order valence-electron chi connectivity index (χ3n) is 4.02. The topological polar surface area (TPSA) is 52.6 Å². The lowest BCUT2D eigenvalue weighted by molar-refractivity contribution is -0.144. The summed E-state index contributed by atoms with van der Waals surface area (Å²) in [6, 6.07) is 5.83. The van der Waals surface area contributed by atoms with Gasteiger partial charge in [0.15, 0.2) is 0 Å². The fraction of sp³-hybridized carbons (Fsp3) is 0.636. The van der Waals surface area contributed by atoms with Crippen molar-refractivity contribution in [1.29, 1.82) is 0 Å². The number of ether oxygens (including phenoxy) is 2. The Morgan fingerprint density at radius 3 is 1.85 bits per heavy atom. The van der Waals surface area contributed by atoms with E-state index in [1.54, 1.807) is 0 Å². The highest BCUT2D eigenvalue weighted by Gasteiger charge is 2.06. The van der Waals surface area contributed by atoms with Gasteiger partial charge in [-0.3, -0.25) is 9.59 Å². The van der Waals surface area contributed by atoms with Crippen LogP contribution >= 0.6 is 0 Å². The molecular formula is C22H34O4. The Balaban J connectivity index is 2.01. The minimum absolute atomic E-state index is 0.0900. The zero-order chi connectivity index (χ0) is 19.4. The number of aryl methyl sites for hydroxylation is 2. The molecule has 4 heteroatoms. The quantitative estimate of drug-likeness (QED) is 0.279. The zero-order valence-electron chi connectivity index (χ0n) is 16.8. The average molecular weight is 363 g/mol. The van der Waals surface area contributed by atoms with Crippen LogP contribution in [0.3, 0.4) is 0 Å².